The maximum absolute atomic E-state index is 11.9. The molecular weight excluding hydrogens is 270 g/mol. The fourth-order valence-electron chi connectivity index (χ4n) is 2.19. The van der Waals surface area contributed by atoms with E-state index >= 15 is 0 Å². The van der Waals surface area contributed by atoms with E-state index in [0.717, 1.165) is 5.56 Å². The van der Waals surface area contributed by atoms with Crippen LogP contribution in [0.5, 0.6) is 0 Å². The molecule has 3 amide bonds. The van der Waals surface area contributed by atoms with Gasteiger partial charge in [0.15, 0.2) is 0 Å². The highest BCUT2D eigenvalue weighted by molar-refractivity contribution is 5.97. The Hall–Kier alpha value is -2.37. The summed E-state index contributed by atoms with van der Waals surface area (Å²) >= 11 is 0. The molecule has 0 spiro atoms. The first-order valence-electron chi connectivity index (χ1n) is 7.01. The van der Waals surface area contributed by atoms with Gasteiger partial charge in [-0.05, 0) is 24.6 Å². The van der Waals surface area contributed by atoms with Crippen molar-refractivity contribution in [1.82, 2.24) is 10.6 Å². The zero-order valence-electron chi connectivity index (χ0n) is 11.9. The second kappa shape index (κ2) is 6.88. The van der Waals surface area contributed by atoms with Crippen molar-refractivity contribution in [2.24, 2.45) is 5.92 Å². The van der Waals surface area contributed by atoms with Crippen LogP contribution in [0.25, 0.3) is 0 Å². The van der Waals surface area contributed by atoms with Crippen LogP contribution in [0, 0.1) is 5.92 Å². The van der Waals surface area contributed by atoms with Gasteiger partial charge in [-0.15, -0.1) is 0 Å². The van der Waals surface area contributed by atoms with Gasteiger partial charge in [0.2, 0.25) is 17.7 Å². The summed E-state index contributed by atoms with van der Waals surface area (Å²) < 4.78 is 0. The summed E-state index contributed by atoms with van der Waals surface area (Å²) in [6.45, 7) is 2.88. The van der Waals surface area contributed by atoms with E-state index in [1.165, 1.54) is 0 Å². The molecule has 6 nitrogen and oxygen atoms in total. The first kappa shape index (κ1) is 15.0. The smallest absolute Gasteiger partial charge is 0.229 e. The molecule has 1 aromatic rings. The van der Waals surface area contributed by atoms with Gasteiger partial charge in [0.05, 0.1) is 12.3 Å². The molecule has 112 valence electrons. The molecule has 1 fully saturated rings. The average molecular weight is 289 g/mol. The van der Waals surface area contributed by atoms with Crippen molar-refractivity contribution in [2.45, 2.75) is 19.8 Å². The van der Waals surface area contributed by atoms with Crippen molar-refractivity contribution < 1.29 is 14.4 Å². The largest absolute Gasteiger partial charge is 0.356 e. The minimum absolute atomic E-state index is 0.0233. The van der Waals surface area contributed by atoms with Crippen molar-refractivity contribution in [1.29, 1.82) is 0 Å². The lowest BCUT2D eigenvalue weighted by molar-refractivity contribution is -0.123. The number of carbonyl (C=O) groups is 3. The van der Waals surface area contributed by atoms with Crippen LogP contribution < -0.4 is 16.0 Å². The number of likely N-dealkylation sites (N-methyl/N-ethyl adjacent to an activating group) is 1. The first-order valence-corrected chi connectivity index (χ1v) is 7.01. The number of nitrogens with one attached hydrogen (secondary N) is 3. The van der Waals surface area contributed by atoms with E-state index in [1.54, 1.807) is 12.1 Å². The highest BCUT2D eigenvalue weighted by Gasteiger charge is 2.27. The van der Waals surface area contributed by atoms with E-state index in [2.05, 4.69) is 16.0 Å². The number of benzene rings is 1. The fraction of sp³-hybridized carbons (Fsp3) is 0.400. The molecule has 6 heteroatoms. The molecule has 21 heavy (non-hydrogen) atoms. The summed E-state index contributed by atoms with van der Waals surface area (Å²) in [6.07, 6.45) is 0.560. The lowest BCUT2D eigenvalue weighted by Gasteiger charge is -2.10. The van der Waals surface area contributed by atoms with Crippen molar-refractivity contribution in [3.05, 3.63) is 29.8 Å². The second-order valence-electron chi connectivity index (χ2n) is 5.02. The monoisotopic (exact) mass is 289 g/mol. The Morgan fingerprint density at radius 3 is 2.57 bits per heavy atom. The maximum atomic E-state index is 11.9. The van der Waals surface area contributed by atoms with E-state index in [1.807, 2.05) is 19.1 Å². The molecule has 2 rings (SSSR count). The third kappa shape index (κ3) is 4.30. The van der Waals surface area contributed by atoms with E-state index in [-0.39, 0.29) is 30.1 Å². The molecule has 1 atom stereocenters. The van der Waals surface area contributed by atoms with Gasteiger partial charge < -0.3 is 16.0 Å². The van der Waals surface area contributed by atoms with Crippen LogP contribution in [0.2, 0.25) is 0 Å². The van der Waals surface area contributed by atoms with Crippen molar-refractivity contribution in [3.63, 3.8) is 0 Å². The van der Waals surface area contributed by atoms with Gasteiger partial charge in [-0.3, -0.25) is 14.4 Å². The van der Waals surface area contributed by atoms with Crippen LogP contribution in [-0.2, 0) is 20.8 Å². The Balaban J connectivity index is 1.88. The lowest BCUT2D eigenvalue weighted by atomic mass is 10.1. The minimum Gasteiger partial charge on any atom is -0.356 e. The summed E-state index contributed by atoms with van der Waals surface area (Å²) in [4.78, 5) is 34.5. The van der Waals surface area contributed by atoms with Gasteiger partial charge >= 0.3 is 0 Å². The third-order valence-electron chi connectivity index (χ3n) is 3.31. The third-order valence-corrected chi connectivity index (χ3v) is 3.31. The quantitative estimate of drug-likeness (QED) is 0.735. The molecule has 0 radical (unpaired) electrons. The Morgan fingerprint density at radius 1 is 1.29 bits per heavy atom. The van der Waals surface area contributed by atoms with Crippen LogP contribution in [0.3, 0.4) is 0 Å². The second-order valence-corrected chi connectivity index (χ2v) is 5.02. The summed E-state index contributed by atoms with van der Waals surface area (Å²) in [5.74, 6) is -0.588. The summed E-state index contributed by atoms with van der Waals surface area (Å²) in [6, 6.07) is 7.14. The molecule has 3 N–H and O–H groups in total. The number of amides is 3. The maximum Gasteiger partial charge on any atom is 0.229 e. The zero-order valence-corrected chi connectivity index (χ0v) is 11.9. The minimum atomic E-state index is -0.312. The predicted octanol–water partition coefficient (Wildman–Crippen LogP) is 0.440. The molecule has 1 heterocycles. The molecule has 0 aromatic heterocycles. The number of rotatable bonds is 5. The molecule has 1 aliphatic rings. The van der Waals surface area contributed by atoms with E-state index < -0.39 is 0 Å². The number of hydrogen-bond donors (Lipinski definition) is 3. The Bertz CT molecular complexity index is 540. The molecule has 1 aromatic carbocycles. The van der Waals surface area contributed by atoms with Gasteiger partial charge in [0.25, 0.3) is 0 Å². The SMILES string of the molecule is CCNC(=O)Cc1ccc(NC(=O)C2CNC(=O)C2)cc1. The molecular formula is C15H19N3O3. The van der Waals surface area contributed by atoms with Crippen LogP contribution >= 0.6 is 0 Å². The Morgan fingerprint density at radius 2 is 2.00 bits per heavy atom. The fourth-order valence-corrected chi connectivity index (χ4v) is 2.19. The zero-order chi connectivity index (χ0) is 15.2. The molecule has 0 bridgehead atoms. The summed E-state index contributed by atoms with van der Waals surface area (Å²) in [5.41, 5.74) is 1.55. The van der Waals surface area contributed by atoms with Crippen LogP contribution in [-0.4, -0.2) is 30.8 Å². The number of carbonyl (C=O) groups excluding carboxylic acids is 3. The number of anilines is 1. The molecule has 0 aliphatic carbocycles. The van der Waals surface area contributed by atoms with Gasteiger partial charge in [-0.25, -0.2) is 0 Å². The molecule has 1 aliphatic heterocycles. The standard InChI is InChI=1S/C15H19N3O3/c1-2-16-13(19)7-10-3-5-12(6-4-10)18-15(21)11-8-14(20)17-9-11/h3-6,11H,2,7-9H2,1H3,(H,16,19)(H,17,20)(H,18,21). The van der Waals surface area contributed by atoms with Crippen LogP contribution in [0.4, 0.5) is 5.69 Å². The molecule has 1 unspecified atom stereocenters. The van der Waals surface area contributed by atoms with Crippen LogP contribution in [0.1, 0.15) is 18.9 Å². The summed E-state index contributed by atoms with van der Waals surface area (Å²) in [7, 11) is 0. The highest BCUT2D eigenvalue weighted by atomic mass is 16.2. The molecule has 0 saturated carbocycles. The van der Waals surface area contributed by atoms with Crippen molar-refractivity contribution in [2.75, 3.05) is 18.4 Å². The Kier molecular flexibility index (Phi) is 4.92. The topological polar surface area (TPSA) is 87.3 Å². The lowest BCUT2D eigenvalue weighted by Crippen LogP contribution is -2.25. The normalized spacial score (nSPS) is 17.2. The predicted molar refractivity (Wildman–Crippen MR) is 78.6 cm³/mol. The van der Waals surface area contributed by atoms with Gasteiger partial charge in [0.1, 0.15) is 0 Å². The first-order chi connectivity index (χ1) is 10.1. The summed E-state index contributed by atoms with van der Waals surface area (Å²) in [5, 5.41) is 8.15. The average Bonchev–Trinajstić information content (AvgIpc) is 2.88. The van der Waals surface area contributed by atoms with E-state index in [0.29, 0.717) is 25.2 Å². The van der Waals surface area contributed by atoms with Gasteiger partial charge in [-0.1, -0.05) is 12.1 Å². The highest BCUT2D eigenvalue weighted by Crippen LogP contribution is 2.15. The number of hydrogen-bond acceptors (Lipinski definition) is 3. The van der Waals surface area contributed by atoms with E-state index in [9.17, 15) is 14.4 Å². The van der Waals surface area contributed by atoms with Crippen molar-refractivity contribution in [3.8, 4) is 0 Å². The Labute approximate surface area is 123 Å². The molecule has 1 saturated heterocycles. The van der Waals surface area contributed by atoms with Gasteiger partial charge in [0, 0.05) is 25.2 Å². The van der Waals surface area contributed by atoms with Crippen molar-refractivity contribution >= 4 is 23.4 Å². The van der Waals surface area contributed by atoms with Gasteiger partial charge in [-0.2, -0.15) is 0 Å². The van der Waals surface area contributed by atoms with Crippen LogP contribution in [0.15, 0.2) is 24.3 Å². The van der Waals surface area contributed by atoms with E-state index in [4.69, 9.17) is 0 Å².